The number of phenols is 1. The third-order valence-electron chi connectivity index (χ3n) is 3.39. The Morgan fingerprint density at radius 3 is 2.72 bits per heavy atom. The quantitative estimate of drug-likeness (QED) is 0.804. The summed E-state index contributed by atoms with van der Waals surface area (Å²) in [6, 6.07) is 6.26. The Labute approximate surface area is 109 Å². The molecule has 18 heavy (non-hydrogen) atoms. The smallest absolute Gasteiger partial charge is 0.161 e. The summed E-state index contributed by atoms with van der Waals surface area (Å²) in [6.07, 6.45) is 0. The van der Waals surface area contributed by atoms with Crippen LogP contribution in [0.3, 0.4) is 0 Å². The van der Waals surface area contributed by atoms with Gasteiger partial charge in [0.2, 0.25) is 0 Å². The summed E-state index contributed by atoms with van der Waals surface area (Å²) in [5.41, 5.74) is 1.19. The summed E-state index contributed by atoms with van der Waals surface area (Å²) in [4.78, 5) is 2.44. The molecule has 100 valence electrons. The molecule has 0 bridgehead atoms. The Kier molecular flexibility index (Phi) is 4.44. The molecular weight excluding hydrogens is 228 g/mol. The van der Waals surface area contributed by atoms with Crippen LogP contribution in [0.4, 0.5) is 0 Å². The molecule has 0 saturated carbocycles. The zero-order valence-electron chi connectivity index (χ0n) is 11.1. The molecule has 2 rings (SSSR count). The van der Waals surface area contributed by atoms with Crippen LogP contribution in [0, 0.1) is 0 Å². The Balaban J connectivity index is 2.05. The minimum absolute atomic E-state index is 0.217. The molecule has 1 aromatic carbocycles. The lowest BCUT2D eigenvalue weighted by Crippen LogP contribution is -2.56. The lowest BCUT2D eigenvalue weighted by Gasteiger charge is -2.37. The first-order chi connectivity index (χ1) is 8.74. The number of phenolic OH excluding ortho intramolecular Hbond substituents is 1. The van der Waals surface area contributed by atoms with Crippen molar-refractivity contribution in [1.82, 2.24) is 10.2 Å². The van der Waals surface area contributed by atoms with Gasteiger partial charge in [0.05, 0.1) is 6.61 Å². The van der Waals surface area contributed by atoms with Crippen molar-refractivity contribution in [2.24, 2.45) is 0 Å². The van der Waals surface area contributed by atoms with Crippen LogP contribution in [0.2, 0.25) is 0 Å². The van der Waals surface area contributed by atoms with E-state index in [9.17, 15) is 5.11 Å². The van der Waals surface area contributed by atoms with Crippen LogP contribution >= 0.6 is 0 Å². The van der Waals surface area contributed by atoms with Crippen molar-refractivity contribution in [1.29, 1.82) is 0 Å². The van der Waals surface area contributed by atoms with Crippen molar-refractivity contribution < 1.29 is 9.84 Å². The molecule has 0 radical (unpaired) electrons. The molecule has 1 heterocycles. The first kappa shape index (κ1) is 13.2. The lowest BCUT2D eigenvalue weighted by molar-refractivity contribution is 0.145. The Bertz CT molecular complexity index is 391. The van der Waals surface area contributed by atoms with Crippen molar-refractivity contribution in [3.05, 3.63) is 23.8 Å². The average Bonchev–Trinajstić information content (AvgIpc) is 2.30. The van der Waals surface area contributed by atoms with Crippen LogP contribution in [0.25, 0.3) is 0 Å². The van der Waals surface area contributed by atoms with E-state index in [0.717, 1.165) is 26.2 Å². The molecule has 0 atom stereocenters. The third-order valence-corrected chi connectivity index (χ3v) is 3.39. The number of rotatable bonds is 6. The van der Waals surface area contributed by atoms with E-state index in [4.69, 9.17) is 4.74 Å². The summed E-state index contributed by atoms with van der Waals surface area (Å²) in [7, 11) is 0. The van der Waals surface area contributed by atoms with Crippen LogP contribution in [0.15, 0.2) is 18.2 Å². The standard InChI is InChI=1S/C14H22N2O2/c1-3-16(12-8-15-9-12)10-11-5-6-13(17)14(7-11)18-4-2/h5-7,12,15,17H,3-4,8-10H2,1-2H3. The van der Waals surface area contributed by atoms with Crippen molar-refractivity contribution in [2.75, 3.05) is 26.2 Å². The highest BCUT2D eigenvalue weighted by Gasteiger charge is 2.23. The molecule has 0 amide bonds. The molecule has 2 N–H and O–H groups in total. The van der Waals surface area contributed by atoms with E-state index >= 15 is 0 Å². The molecular formula is C14H22N2O2. The van der Waals surface area contributed by atoms with Crippen molar-refractivity contribution in [3.63, 3.8) is 0 Å². The SMILES string of the molecule is CCOc1cc(CN(CC)C2CNC2)ccc1O. The highest BCUT2D eigenvalue weighted by atomic mass is 16.5. The van der Waals surface area contributed by atoms with E-state index in [1.54, 1.807) is 6.07 Å². The first-order valence-corrected chi connectivity index (χ1v) is 6.64. The number of aromatic hydroxyl groups is 1. The van der Waals surface area contributed by atoms with E-state index < -0.39 is 0 Å². The van der Waals surface area contributed by atoms with Gasteiger partial charge in [-0.3, -0.25) is 4.90 Å². The van der Waals surface area contributed by atoms with Gasteiger partial charge in [0, 0.05) is 25.7 Å². The molecule has 0 aliphatic carbocycles. The maximum atomic E-state index is 9.68. The topological polar surface area (TPSA) is 44.7 Å². The van der Waals surface area contributed by atoms with Gasteiger partial charge in [0.15, 0.2) is 11.5 Å². The molecule has 1 aliphatic rings. The van der Waals surface area contributed by atoms with Crippen LogP contribution in [-0.2, 0) is 6.54 Å². The number of hydrogen-bond acceptors (Lipinski definition) is 4. The third kappa shape index (κ3) is 2.94. The number of nitrogens with zero attached hydrogens (tertiary/aromatic N) is 1. The largest absolute Gasteiger partial charge is 0.504 e. The van der Waals surface area contributed by atoms with Gasteiger partial charge in [0.25, 0.3) is 0 Å². The zero-order chi connectivity index (χ0) is 13.0. The van der Waals surface area contributed by atoms with E-state index in [2.05, 4.69) is 17.1 Å². The fourth-order valence-electron chi connectivity index (χ4n) is 2.19. The van der Waals surface area contributed by atoms with Crippen LogP contribution in [0.1, 0.15) is 19.4 Å². The van der Waals surface area contributed by atoms with Gasteiger partial charge < -0.3 is 15.2 Å². The normalized spacial score (nSPS) is 15.7. The second kappa shape index (κ2) is 6.07. The second-order valence-corrected chi connectivity index (χ2v) is 4.61. The molecule has 1 saturated heterocycles. The van der Waals surface area contributed by atoms with Crippen LogP contribution < -0.4 is 10.1 Å². The number of ether oxygens (including phenoxy) is 1. The molecule has 1 fully saturated rings. The number of nitrogens with one attached hydrogen (secondary N) is 1. The van der Waals surface area contributed by atoms with Gasteiger partial charge in [-0.2, -0.15) is 0 Å². The van der Waals surface area contributed by atoms with E-state index in [-0.39, 0.29) is 5.75 Å². The highest BCUT2D eigenvalue weighted by Crippen LogP contribution is 2.27. The van der Waals surface area contributed by atoms with Gasteiger partial charge in [-0.15, -0.1) is 0 Å². The molecule has 1 aromatic rings. The maximum absolute atomic E-state index is 9.68. The number of likely N-dealkylation sites (N-methyl/N-ethyl adjacent to an activating group) is 1. The van der Waals surface area contributed by atoms with E-state index in [1.165, 1.54) is 5.56 Å². The van der Waals surface area contributed by atoms with Crippen LogP contribution in [-0.4, -0.2) is 42.3 Å². The second-order valence-electron chi connectivity index (χ2n) is 4.61. The summed E-state index contributed by atoms with van der Waals surface area (Å²) >= 11 is 0. The minimum atomic E-state index is 0.217. The summed E-state index contributed by atoms with van der Waals surface area (Å²) in [6.45, 7) is 8.77. The van der Waals surface area contributed by atoms with Gasteiger partial charge in [-0.05, 0) is 31.2 Å². The summed E-state index contributed by atoms with van der Waals surface area (Å²) < 4.78 is 5.41. The predicted molar refractivity (Wildman–Crippen MR) is 72.0 cm³/mol. The molecule has 4 heteroatoms. The maximum Gasteiger partial charge on any atom is 0.161 e. The fourth-order valence-corrected chi connectivity index (χ4v) is 2.19. The summed E-state index contributed by atoms with van der Waals surface area (Å²) in [5, 5.41) is 13.0. The molecule has 1 aliphatic heterocycles. The molecule has 0 aromatic heterocycles. The van der Waals surface area contributed by atoms with E-state index in [1.807, 2.05) is 19.1 Å². The molecule has 0 spiro atoms. The Hall–Kier alpha value is -1.26. The lowest BCUT2D eigenvalue weighted by atomic mass is 10.1. The van der Waals surface area contributed by atoms with Crippen LogP contribution in [0.5, 0.6) is 11.5 Å². The first-order valence-electron chi connectivity index (χ1n) is 6.64. The van der Waals surface area contributed by atoms with Gasteiger partial charge >= 0.3 is 0 Å². The minimum Gasteiger partial charge on any atom is -0.504 e. The molecule has 0 unspecified atom stereocenters. The van der Waals surface area contributed by atoms with E-state index in [0.29, 0.717) is 18.4 Å². The highest BCUT2D eigenvalue weighted by molar-refractivity contribution is 5.41. The van der Waals surface area contributed by atoms with Crippen molar-refractivity contribution in [2.45, 2.75) is 26.4 Å². The van der Waals surface area contributed by atoms with Crippen molar-refractivity contribution >= 4 is 0 Å². The zero-order valence-corrected chi connectivity index (χ0v) is 11.1. The number of benzene rings is 1. The van der Waals surface area contributed by atoms with Gasteiger partial charge in [-0.1, -0.05) is 13.0 Å². The van der Waals surface area contributed by atoms with Gasteiger partial charge in [-0.25, -0.2) is 0 Å². The average molecular weight is 250 g/mol. The Morgan fingerprint density at radius 1 is 1.39 bits per heavy atom. The monoisotopic (exact) mass is 250 g/mol. The Morgan fingerprint density at radius 2 is 2.17 bits per heavy atom. The van der Waals surface area contributed by atoms with Crippen molar-refractivity contribution in [3.8, 4) is 11.5 Å². The van der Waals surface area contributed by atoms with Gasteiger partial charge in [0.1, 0.15) is 0 Å². The molecule has 4 nitrogen and oxygen atoms in total. The summed E-state index contributed by atoms with van der Waals surface area (Å²) in [5.74, 6) is 0.798. The fraction of sp³-hybridized carbons (Fsp3) is 0.571. The number of hydrogen-bond donors (Lipinski definition) is 2. The predicted octanol–water partition coefficient (Wildman–Crippen LogP) is 1.58.